The van der Waals surface area contributed by atoms with Gasteiger partial charge in [-0.05, 0) is 38.2 Å². The van der Waals surface area contributed by atoms with Crippen LogP contribution in [0.2, 0.25) is 0 Å². The summed E-state index contributed by atoms with van der Waals surface area (Å²) in [5.74, 6) is 3.73. The Morgan fingerprint density at radius 3 is 2.81 bits per heavy atom. The number of thioether (sulfide) groups is 1. The second-order valence-corrected chi connectivity index (χ2v) is 9.26. The van der Waals surface area contributed by atoms with Gasteiger partial charge in [-0.25, -0.2) is 4.98 Å². The summed E-state index contributed by atoms with van der Waals surface area (Å²) < 4.78 is 11.2. The summed E-state index contributed by atoms with van der Waals surface area (Å²) >= 11 is 3.37. The van der Waals surface area contributed by atoms with Crippen LogP contribution in [0.15, 0.2) is 16.5 Å². The second kappa shape index (κ2) is 7.95. The van der Waals surface area contributed by atoms with E-state index in [1.165, 1.54) is 11.3 Å². The number of carbonyl (C=O) groups excluding carboxylic acids is 1. The predicted molar refractivity (Wildman–Crippen MR) is 109 cm³/mol. The standard InChI is InChI=1S/C19H25N3O3S2/c1-13-3-4-15(25-13)18-21-14(2)16(27-18)17(23)20-11-19(5-10-26-12-19)22-6-8-24-9-7-22/h3-4H,5-12H2,1-2H3,(H,20,23). The largest absolute Gasteiger partial charge is 0.459 e. The van der Waals surface area contributed by atoms with Crippen LogP contribution < -0.4 is 5.32 Å². The lowest BCUT2D eigenvalue weighted by Crippen LogP contribution is -2.59. The number of hydrogen-bond acceptors (Lipinski definition) is 7. The monoisotopic (exact) mass is 407 g/mol. The molecule has 1 atom stereocenters. The Bertz CT molecular complexity index is 805. The van der Waals surface area contributed by atoms with E-state index < -0.39 is 0 Å². The maximum Gasteiger partial charge on any atom is 0.263 e. The molecule has 0 radical (unpaired) electrons. The first-order chi connectivity index (χ1) is 13.1. The highest BCUT2D eigenvalue weighted by molar-refractivity contribution is 7.99. The van der Waals surface area contributed by atoms with Gasteiger partial charge in [0.15, 0.2) is 10.8 Å². The van der Waals surface area contributed by atoms with Crippen LogP contribution in [0.1, 0.15) is 27.5 Å². The quantitative estimate of drug-likeness (QED) is 0.822. The first-order valence-electron chi connectivity index (χ1n) is 9.30. The molecule has 0 aliphatic carbocycles. The number of thiazole rings is 1. The van der Waals surface area contributed by atoms with E-state index >= 15 is 0 Å². The highest BCUT2D eigenvalue weighted by atomic mass is 32.2. The normalized spacial score (nSPS) is 23.6. The van der Waals surface area contributed by atoms with Crippen LogP contribution in [0.3, 0.4) is 0 Å². The van der Waals surface area contributed by atoms with Gasteiger partial charge in [-0.15, -0.1) is 11.3 Å². The van der Waals surface area contributed by atoms with Gasteiger partial charge in [0.1, 0.15) is 10.6 Å². The second-order valence-electron chi connectivity index (χ2n) is 7.15. The Hall–Kier alpha value is -1.35. The zero-order valence-corrected chi connectivity index (χ0v) is 17.4. The molecule has 27 heavy (non-hydrogen) atoms. The van der Waals surface area contributed by atoms with Crippen molar-refractivity contribution in [2.75, 3.05) is 44.4 Å². The van der Waals surface area contributed by atoms with Crippen LogP contribution in [0.4, 0.5) is 0 Å². The lowest BCUT2D eigenvalue weighted by molar-refractivity contribution is -0.0129. The van der Waals surface area contributed by atoms with Crippen LogP contribution >= 0.6 is 23.1 Å². The predicted octanol–water partition coefficient (Wildman–Crippen LogP) is 2.96. The van der Waals surface area contributed by atoms with Crippen LogP contribution in [0.5, 0.6) is 0 Å². The molecule has 1 N–H and O–H groups in total. The fourth-order valence-electron chi connectivity index (χ4n) is 3.72. The Morgan fingerprint density at radius 1 is 1.33 bits per heavy atom. The van der Waals surface area contributed by atoms with Crippen LogP contribution in [-0.4, -0.2) is 65.7 Å². The topological polar surface area (TPSA) is 67.6 Å². The number of nitrogens with zero attached hydrogens (tertiary/aromatic N) is 2. The minimum Gasteiger partial charge on any atom is -0.459 e. The van der Waals surface area contributed by atoms with Crippen LogP contribution in [0.25, 0.3) is 10.8 Å². The molecule has 2 aliphatic heterocycles. The number of furan rings is 1. The van der Waals surface area contributed by atoms with Crippen molar-refractivity contribution < 1.29 is 13.9 Å². The van der Waals surface area contributed by atoms with Crippen LogP contribution in [0, 0.1) is 13.8 Å². The van der Waals surface area contributed by atoms with Crippen LogP contribution in [-0.2, 0) is 4.74 Å². The Labute approximate surface area is 167 Å². The number of ether oxygens (including phenoxy) is 1. The third-order valence-corrected chi connectivity index (χ3v) is 7.70. The van der Waals surface area contributed by atoms with Crippen molar-refractivity contribution in [3.8, 4) is 10.8 Å². The maximum absolute atomic E-state index is 12.9. The minimum absolute atomic E-state index is 0.0379. The number of aromatic nitrogens is 1. The van der Waals surface area contributed by atoms with E-state index in [0.29, 0.717) is 11.4 Å². The average molecular weight is 408 g/mol. The minimum atomic E-state index is -0.0379. The van der Waals surface area contributed by atoms with Crippen molar-refractivity contribution in [2.45, 2.75) is 25.8 Å². The smallest absolute Gasteiger partial charge is 0.263 e. The van der Waals surface area contributed by atoms with Gasteiger partial charge < -0.3 is 14.5 Å². The fourth-order valence-corrected chi connectivity index (χ4v) is 6.14. The van der Waals surface area contributed by atoms with Crippen molar-refractivity contribution in [1.29, 1.82) is 0 Å². The van der Waals surface area contributed by atoms with Gasteiger partial charge >= 0.3 is 0 Å². The highest BCUT2D eigenvalue weighted by Crippen LogP contribution is 2.34. The van der Waals surface area contributed by atoms with Crippen molar-refractivity contribution in [3.63, 3.8) is 0 Å². The molecule has 0 spiro atoms. The summed E-state index contributed by atoms with van der Waals surface area (Å²) in [7, 11) is 0. The molecular formula is C19H25N3O3S2. The summed E-state index contributed by atoms with van der Waals surface area (Å²) in [6, 6.07) is 3.81. The van der Waals surface area contributed by atoms with Gasteiger partial charge in [-0.2, -0.15) is 11.8 Å². The van der Waals surface area contributed by atoms with Crippen molar-refractivity contribution >= 4 is 29.0 Å². The Morgan fingerprint density at radius 2 is 2.15 bits per heavy atom. The first kappa shape index (κ1) is 19.0. The van der Waals surface area contributed by atoms with E-state index in [2.05, 4.69) is 15.2 Å². The van der Waals surface area contributed by atoms with Gasteiger partial charge in [0.25, 0.3) is 5.91 Å². The number of morpholine rings is 1. The molecule has 6 nitrogen and oxygen atoms in total. The lowest BCUT2D eigenvalue weighted by atomic mass is 9.95. The Balaban J connectivity index is 1.46. The number of carbonyl (C=O) groups is 1. The molecule has 1 unspecified atom stereocenters. The molecule has 2 saturated heterocycles. The van der Waals surface area contributed by atoms with Gasteiger partial charge in [-0.3, -0.25) is 9.69 Å². The number of rotatable bonds is 5. The van der Waals surface area contributed by atoms with E-state index in [-0.39, 0.29) is 11.4 Å². The maximum atomic E-state index is 12.9. The highest BCUT2D eigenvalue weighted by Gasteiger charge is 2.41. The van der Waals surface area contributed by atoms with Gasteiger partial charge in [0.05, 0.1) is 18.9 Å². The number of aryl methyl sites for hydroxylation is 2. The van der Waals surface area contributed by atoms with Gasteiger partial charge in [0.2, 0.25) is 0 Å². The van der Waals surface area contributed by atoms with Crippen molar-refractivity contribution in [1.82, 2.24) is 15.2 Å². The molecule has 2 aliphatic rings. The molecular weight excluding hydrogens is 382 g/mol. The molecule has 4 heterocycles. The molecule has 0 saturated carbocycles. The fraction of sp³-hybridized carbons (Fsp3) is 0.579. The Kier molecular flexibility index (Phi) is 5.59. The molecule has 146 valence electrons. The number of amides is 1. The molecule has 1 amide bonds. The summed E-state index contributed by atoms with van der Waals surface area (Å²) in [4.78, 5) is 20.6. The molecule has 2 aromatic rings. The van der Waals surface area contributed by atoms with E-state index in [4.69, 9.17) is 9.15 Å². The average Bonchev–Trinajstić information content (AvgIpc) is 3.41. The van der Waals surface area contributed by atoms with E-state index in [1.807, 2.05) is 37.7 Å². The summed E-state index contributed by atoms with van der Waals surface area (Å²) in [5, 5.41) is 3.95. The van der Waals surface area contributed by atoms with Crippen molar-refractivity contribution in [2.24, 2.45) is 0 Å². The summed E-state index contributed by atoms with van der Waals surface area (Å²) in [5.41, 5.74) is 0.798. The van der Waals surface area contributed by atoms with Crippen molar-refractivity contribution in [3.05, 3.63) is 28.5 Å². The zero-order valence-electron chi connectivity index (χ0n) is 15.7. The SMILES string of the molecule is Cc1ccc(-c2nc(C)c(C(=O)NCC3(N4CCOCC4)CCSC3)s2)o1. The third-order valence-electron chi connectivity index (χ3n) is 5.30. The van der Waals surface area contributed by atoms with Gasteiger partial charge in [0, 0.05) is 30.9 Å². The van der Waals surface area contributed by atoms with E-state index in [1.54, 1.807) is 0 Å². The molecule has 8 heteroatoms. The van der Waals surface area contributed by atoms with Gasteiger partial charge in [-0.1, -0.05) is 0 Å². The molecule has 0 bridgehead atoms. The molecule has 2 fully saturated rings. The number of nitrogens with one attached hydrogen (secondary N) is 1. The third kappa shape index (κ3) is 3.94. The first-order valence-corrected chi connectivity index (χ1v) is 11.3. The molecule has 0 aromatic carbocycles. The summed E-state index contributed by atoms with van der Waals surface area (Å²) in [6.07, 6.45) is 1.11. The number of hydrogen-bond donors (Lipinski definition) is 1. The molecule has 2 aromatic heterocycles. The summed E-state index contributed by atoms with van der Waals surface area (Å²) in [6.45, 7) is 7.90. The van der Waals surface area contributed by atoms with E-state index in [0.717, 1.165) is 66.5 Å². The molecule has 4 rings (SSSR count). The zero-order chi connectivity index (χ0) is 18.9. The lowest BCUT2D eigenvalue weighted by Gasteiger charge is -2.43. The van der Waals surface area contributed by atoms with E-state index in [9.17, 15) is 4.79 Å².